The van der Waals surface area contributed by atoms with E-state index in [1.54, 1.807) is 24.3 Å². The first-order valence-electron chi connectivity index (χ1n) is 10.0. The van der Waals surface area contributed by atoms with Gasteiger partial charge in [-0.2, -0.15) is 10.5 Å². The molecule has 0 fully saturated rings. The number of nitriles is 2. The lowest BCUT2D eigenvalue weighted by Gasteiger charge is -2.11. The highest BCUT2D eigenvalue weighted by molar-refractivity contribution is 6.15. The van der Waals surface area contributed by atoms with Crippen molar-refractivity contribution in [1.29, 1.82) is 10.5 Å². The van der Waals surface area contributed by atoms with Gasteiger partial charge in [-0.15, -0.1) is 0 Å². The average molecular weight is 421 g/mol. The van der Waals surface area contributed by atoms with Gasteiger partial charge in [-0.05, 0) is 48.5 Å². The minimum atomic E-state index is 0.309. The Kier molecular flexibility index (Phi) is 7.00. The molecule has 0 bridgehead atoms. The fraction of sp³-hybridized carbons (Fsp3) is 0.154. The molecule has 0 aromatic heterocycles. The standard InChI is InChI=1S/C26H24N6/c1-31(2)23-13-9-21(10-14-23)29-25(17-27)19-5-7-20(8-6-19)26(18-28)30-22-11-15-24(16-12-22)32(3)4/h5-16H,1-4H3. The van der Waals surface area contributed by atoms with Crippen LogP contribution in [0.25, 0.3) is 0 Å². The molecule has 0 saturated carbocycles. The molecular weight excluding hydrogens is 396 g/mol. The maximum atomic E-state index is 9.60. The van der Waals surface area contributed by atoms with Crippen LogP contribution in [-0.4, -0.2) is 39.6 Å². The number of hydrogen-bond acceptors (Lipinski definition) is 6. The summed E-state index contributed by atoms with van der Waals surface area (Å²) in [7, 11) is 7.88. The lowest BCUT2D eigenvalue weighted by Crippen LogP contribution is -2.07. The summed E-state index contributed by atoms with van der Waals surface area (Å²) in [5, 5.41) is 19.2. The van der Waals surface area contributed by atoms with Gasteiger partial charge in [0, 0.05) is 50.7 Å². The zero-order chi connectivity index (χ0) is 23.1. The highest BCUT2D eigenvalue weighted by Crippen LogP contribution is 2.21. The fourth-order valence-corrected chi connectivity index (χ4v) is 3.00. The molecule has 32 heavy (non-hydrogen) atoms. The summed E-state index contributed by atoms with van der Waals surface area (Å²) in [6.45, 7) is 0. The van der Waals surface area contributed by atoms with E-state index in [1.807, 2.05) is 86.5 Å². The van der Waals surface area contributed by atoms with Crippen LogP contribution in [-0.2, 0) is 0 Å². The molecule has 3 aromatic carbocycles. The van der Waals surface area contributed by atoms with Gasteiger partial charge >= 0.3 is 0 Å². The van der Waals surface area contributed by atoms with Crippen molar-refractivity contribution in [3.05, 3.63) is 83.9 Å². The van der Waals surface area contributed by atoms with Crippen LogP contribution in [0.4, 0.5) is 22.7 Å². The molecule has 0 aliphatic heterocycles. The summed E-state index contributed by atoms with van der Waals surface area (Å²) in [6, 6.07) is 26.8. The van der Waals surface area contributed by atoms with Gasteiger partial charge in [-0.25, -0.2) is 9.98 Å². The Hall–Kier alpha value is -4.42. The van der Waals surface area contributed by atoms with E-state index in [4.69, 9.17) is 0 Å². The molecule has 158 valence electrons. The SMILES string of the molecule is CN(C)c1ccc(N=C(C#N)c2ccc(C(C#N)=Nc3ccc(N(C)C)cc3)cc2)cc1. The predicted octanol–water partition coefficient (Wildman–Crippen LogP) is 5.11. The first kappa shape index (κ1) is 22.3. The Morgan fingerprint density at radius 1 is 0.562 bits per heavy atom. The highest BCUT2D eigenvalue weighted by atomic mass is 15.1. The molecule has 0 N–H and O–H groups in total. The molecule has 0 heterocycles. The van der Waals surface area contributed by atoms with Crippen LogP contribution in [0.15, 0.2) is 82.8 Å². The number of anilines is 2. The van der Waals surface area contributed by atoms with Crippen molar-refractivity contribution in [3.8, 4) is 12.1 Å². The van der Waals surface area contributed by atoms with Crippen molar-refractivity contribution in [3.63, 3.8) is 0 Å². The van der Waals surface area contributed by atoms with Crippen molar-refractivity contribution < 1.29 is 0 Å². The summed E-state index contributed by atoms with van der Waals surface area (Å²) >= 11 is 0. The Morgan fingerprint density at radius 3 is 1.12 bits per heavy atom. The van der Waals surface area contributed by atoms with E-state index < -0.39 is 0 Å². The summed E-state index contributed by atoms with van der Waals surface area (Å²) in [6.07, 6.45) is 0. The summed E-state index contributed by atoms with van der Waals surface area (Å²) in [4.78, 5) is 12.9. The van der Waals surface area contributed by atoms with Crippen molar-refractivity contribution >= 4 is 34.2 Å². The summed E-state index contributed by atoms with van der Waals surface area (Å²) in [5.41, 5.74) is 5.51. The van der Waals surface area contributed by atoms with E-state index in [2.05, 4.69) is 22.1 Å². The molecule has 0 unspecified atom stereocenters. The third-order valence-electron chi connectivity index (χ3n) is 4.86. The second-order valence-electron chi connectivity index (χ2n) is 7.54. The van der Waals surface area contributed by atoms with Gasteiger partial charge in [0.1, 0.15) is 23.6 Å². The molecule has 0 saturated heterocycles. The molecule has 6 nitrogen and oxygen atoms in total. The number of nitrogens with zero attached hydrogens (tertiary/aromatic N) is 6. The van der Waals surface area contributed by atoms with Crippen LogP contribution in [0.1, 0.15) is 11.1 Å². The third kappa shape index (κ3) is 5.38. The first-order valence-corrected chi connectivity index (χ1v) is 10.0. The molecule has 0 aliphatic rings. The topological polar surface area (TPSA) is 78.8 Å². The zero-order valence-electron chi connectivity index (χ0n) is 18.6. The molecular formula is C26H24N6. The van der Waals surface area contributed by atoms with Crippen LogP contribution in [0.3, 0.4) is 0 Å². The van der Waals surface area contributed by atoms with Crippen LogP contribution in [0, 0.1) is 22.7 Å². The second-order valence-corrected chi connectivity index (χ2v) is 7.54. The van der Waals surface area contributed by atoms with Gasteiger partial charge in [0.2, 0.25) is 0 Å². The second kappa shape index (κ2) is 10.1. The molecule has 0 amide bonds. The molecule has 3 rings (SSSR count). The quantitative estimate of drug-likeness (QED) is 0.519. The fourth-order valence-electron chi connectivity index (χ4n) is 3.00. The highest BCUT2D eigenvalue weighted by Gasteiger charge is 2.08. The Bertz CT molecular complexity index is 1110. The minimum Gasteiger partial charge on any atom is -0.378 e. The Balaban J connectivity index is 1.84. The van der Waals surface area contributed by atoms with E-state index in [0.29, 0.717) is 33.9 Å². The first-order chi connectivity index (χ1) is 15.4. The van der Waals surface area contributed by atoms with Gasteiger partial charge in [-0.1, -0.05) is 24.3 Å². The lowest BCUT2D eigenvalue weighted by molar-refractivity contribution is 1.13. The van der Waals surface area contributed by atoms with Gasteiger partial charge < -0.3 is 9.80 Å². The van der Waals surface area contributed by atoms with E-state index in [9.17, 15) is 10.5 Å². The number of rotatable bonds is 6. The molecule has 0 aliphatic carbocycles. The molecule has 0 spiro atoms. The average Bonchev–Trinajstić information content (AvgIpc) is 2.81. The Morgan fingerprint density at radius 2 is 0.875 bits per heavy atom. The monoisotopic (exact) mass is 420 g/mol. The minimum absolute atomic E-state index is 0.309. The van der Waals surface area contributed by atoms with E-state index in [1.165, 1.54) is 0 Å². The van der Waals surface area contributed by atoms with Crippen LogP contribution in [0.2, 0.25) is 0 Å². The Labute approximate surface area is 189 Å². The summed E-state index contributed by atoms with van der Waals surface area (Å²) in [5.74, 6) is 0. The van der Waals surface area contributed by atoms with Crippen molar-refractivity contribution in [2.45, 2.75) is 0 Å². The largest absolute Gasteiger partial charge is 0.378 e. The maximum Gasteiger partial charge on any atom is 0.148 e. The normalized spacial score (nSPS) is 11.4. The van der Waals surface area contributed by atoms with E-state index in [0.717, 1.165) is 11.4 Å². The maximum absolute atomic E-state index is 9.60. The van der Waals surface area contributed by atoms with Gasteiger partial charge in [0.15, 0.2) is 0 Å². The molecule has 0 atom stereocenters. The molecule has 0 radical (unpaired) electrons. The van der Waals surface area contributed by atoms with Crippen LogP contribution < -0.4 is 9.80 Å². The van der Waals surface area contributed by atoms with Crippen molar-refractivity contribution in [2.75, 3.05) is 38.0 Å². The van der Waals surface area contributed by atoms with Crippen molar-refractivity contribution in [2.24, 2.45) is 9.98 Å². The van der Waals surface area contributed by atoms with Crippen molar-refractivity contribution in [1.82, 2.24) is 0 Å². The van der Waals surface area contributed by atoms with E-state index in [-0.39, 0.29) is 0 Å². The van der Waals surface area contributed by atoms with Gasteiger partial charge in [0.05, 0.1) is 11.4 Å². The lowest BCUT2D eigenvalue weighted by atomic mass is 10.1. The zero-order valence-corrected chi connectivity index (χ0v) is 18.6. The van der Waals surface area contributed by atoms with Gasteiger partial charge in [-0.3, -0.25) is 0 Å². The predicted molar refractivity (Wildman–Crippen MR) is 132 cm³/mol. The number of aliphatic imine (C=N–C) groups is 2. The van der Waals surface area contributed by atoms with Crippen LogP contribution >= 0.6 is 0 Å². The van der Waals surface area contributed by atoms with Gasteiger partial charge in [0.25, 0.3) is 0 Å². The summed E-state index contributed by atoms with van der Waals surface area (Å²) < 4.78 is 0. The number of benzene rings is 3. The van der Waals surface area contributed by atoms with E-state index >= 15 is 0 Å². The molecule has 6 heteroatoms. The van der Waals surface area contributed by atoms with Crippen LogP contribution in [0.5, 0.6) is 0 Å². The smallest absolute Gasteiger partial charge is 0.148 e. The molecule has 3 aromatic rings. The third-order valence-corrected chi connectivity index (χ3v) is 4.86. The number of hydrogen-bond donors (Lipinski definition) is 0.